The van der Waals surface area contributed by atoms with Gasteiger partial charge in [0.25, 0.3) is 0 Å². The number of methoxy groups -OCH3 is 2. The second kappa shape index (κ2) is 8.38. The highest BCUT2D eigenvalue weighted by atomic mass is 19.1. The van der Waals surface area contributed by atoms with Crippen molar-refractivity contribution in [2.24, 2.45) is 0 Å². The number of esters is 1. The largest absolute Gasteiger partial charge is 0.497 e. The number of ketones is 1. The maximum atomic E-state index is 13.6. The molecule has 1 heterocycles. The monoisotopic (exact) mass is 421 g/mol. The second-order valence-electron chi connectivity index (χ2n) is 7.83. The van der Waals surface area contributed by atoms with Crippen LogP contribution in [0.5, 0.6) is 5.75 Å². The lowest BCUT2D eigenvalue weighted by atomic mass is 9.72. The molecule has 5 nitrogen and oxygen atoms in total. The van der Waals surface area contributed by atoms with Crippen molar-refractivity contribution in [1.29, 1.82) is 0 Å². The number of Topliss-reactive ketones (excluding diaryl/α,β-unsaturated/α-hetero) is 1. The Bertz CT molecular complexity index is 1080. The molecule has 0 saturated carbocycles. The van der Waals surface area contributed by atoms with Crippen molar-refractivity contribution in [3.63, 3.8) is 0 Å². The van der Waals surface area contributed by atoms with Crippen molar-refractivity contribution in [2.45, 2.75) is 31.6 Å². The van der Waals surface area contributed by atoms with Gasteiger partial charge in [-0.3, -0.25) is 4.79 Å². The molecular formula is C25H24FNO4. The van der Waals surface area contributed by atoms with E-state index in [1.165, 1.54) is 19.2 Å². The zero-order chi connectivity index (χ0) is 22.1. The van der Waals surface area contributed by atoms with E-state index in [4.69, 9.17) is 9.47 Å². The molecule has 1 aliphatic carbocycles. The molecule has 0 amide bonds. The van der Waals surface area contributed by atoms with Gasteiger partial charge in [-0.1, -0.05) is 24.3 Å². The van der Waals surface area contributed by atoms with E-state index >= 15 is 0 Å². The van der Waals surface area contributed by atoms with Gasteiger partial charge in [0.2, 0.25) is 0 Å². The summed E-state index contributed by atoms with van der Waals surface area (Å²) in [4.78, 5) is 26.0. The fraction of sp³-hybridized carbons (Fsp3) is 0.280. The van der Waals surface area contributed by atoms with E-state index in [9.17, 15) is 14.0 Å². The van der Waals surface area contributed by atoms with E-state index in [1.807, 2.05) is 24.3 Å². The van der Waals surface area contributed by atoms with Crippen LogP contribution in [0.2, 0.25) is 0 Å². The van der Waals surface area contributed by atoms with E-state index < -0.39 is 11.9 Å². The first kappa shape index (κ1) is 20.8. The summed E-state index contributed by atoms with van der Waals surface area (Å²) in [7, 11) is 2.93. The van der Waals surface area contributed by atoms with Gasteiger partial charge in [-0.15, -0.1) is 0 Å². The van der Waals surface area contributed by atoms with Crippen molar-refractivity contribution in [3.8, 4) is 5.75 Å². The zero-order valence-corrected chi connectivity index (χ0v) is 17.7. The third kappa shape index (κ3) is 3.85. The first-order chi connectivity index (χ1) is 14.9. The predicted octanol–water partition coefficient (Wildman–Crippen LogP) is 4.37. The Morgan fingerprint density at radius 1 is 1.00 bits per heavy atom. The van der Waals surface area contributed by atoms with Gasteiger partial charge in [0.1, 0.15) is 11.6 Å². The highest BCUT2D eigenvalue weighted by Gasteiger charge is 2.41. The molecule has 31 heavy (non-hydrogen) atoms. The SMILES string of the molecule is COC(=O)C1=C(C)NC2=C(C(=O)CC(c3ccc(OC)cc3)C2)C1c1ccc(F)cc1. The summed E-state index contributed by atoms with van der Waals surface area (Å²) in [6.07, 6.45) is 0.967. The quantitative estimate of drug-likeness (QED) is 0.743. The smallest absolute Gasteiger partial charge is 0.336 e. The number of rotatable bonds is 4. The van der Waals surface area contributed by atoms with Crippen LogP contribution in [0, 0.1) is 5.82 Å². The maximum absolute atomic E-state index is 13.6. The fourth-order valence-electron chi connectivity index (χ4n) is 4.52. The lowest BCUT2D eigenvalue weighted by molar-refractivity contribution is -0.136. The zero-order valence-electron chi connectivity index (χ0n) is 17.7. The number of carbonyl (C=O) groups excluding carboxylic acids is 2. The summed E-state index contributed by atoms with van der Waals surface area (Å²) in [6.45, 7) is 1.80. The topological polar surface area (TPSA) is 64.6 Å². The lowest BCUT2D eigenvalue weighted by Gasteiger charge is -2.36. The van der Waals surface area contributed by atoms with Crippen LogP contribution in [0.25, 0.3) is 0 Å². The molecule has 6 heteroatoms. The van der Waals surface area contributed by atoms with Crippen molar-refractivity contribution < 1.29 is 23.5 Å². The van der Waals surface area contributed by atoms with E-state index in [-0.39, 0.29) is 17.5 Å². The van der Waals surface area contributed by atoms with Crippen molar-refractivity contribution in [3.05, 3.63) is 88.0 Å². The van der Waals surface area contributed by atoms with Gasteiger partial charge in [0.15, 0.2) is 5.78 Å². The normalized spacial score (nSPS) is 20.8. The Kier molecular flexibility index (Phi) is 5.63. The Balaban J connectivity index is 1.76. The molecule has 2 aromatic carbocycles. The molecule has 0 aromatic heterocycles. The molecule has 2 atom stereocenters. The summed E-state index contributed by atoms with van der Waals surface area (Å²) in [5.74, 6) is -0.713. The van der Waals surface area contributed by atoms with Crippen LogP contribution in [0.3, 0.4) is 0 Å². The van der Waals surface area contributed by atoms with Crippen LogP contribution in [-0.4, -0.2) is 26.0 Å². The average Bonchev–Trinajstić information content (AvgIpc) is 2.78. The molecule has 4 rings (SSSR count). The molecule has 2 unspecified atom stereocenters. The van der Waals surface area contributed by atoms with E-state index in [1.54, 1.807) is 26.2 Å². The van der Waals surface area contributed by atoms with Crippen molar-refractivity contribution in [1.82, 2.24) is 5.32 Å². The Labute approximate surface area is 180 Å². The molecule has 0 spiro atoms. The summed E-state index contributed by atoms with van der Waals surface area (Å²) in [5.41, 5.74) is 4.12. The summed E-state index contributed by atoms with van der Waals surface area (Å²) >= 11 is 0. The van der Waals surface area contributed by atoms with Gasteiger partial charge >= 0.3 is 5.97 Å². The van der Waals surface area contributed by atoms with Gasteiger partial charge in [-0.25, -0.2) is 9.18 Å². The number of allylic oxidation sites excluding steroid dienone is 3. The highest BCUT2D eigenvalue weighted by Crippen LogP contribution is 2.45. The molecular weight excluding hydrogens is 397 g/mol. The number of benzene rings is 2. The third-order valence-electron chi connectivity index (χ3n) is 6.02. The van der Waals surface area contributed by atoms with E-state index in [0.717, 1.165) is 17.0 Å². The first-order valence-corrected chi connectivity index (χ1v) is 10.1. The molecule has 0 radical (unpaired) electrons. The molecule has 2 aromatic rings. The molecule has 2 aliphatic rings. The summed E-state index contributed by atoms with van der Waals surface area (Å²) in [6, 6.07) is 13.7. The van der Waals surface area contributed by atoms with E-state index in [0.29, 0.717) is 35.2 Å². The van der Waals surface area contributed by atoms with Crippen molar-refractivity contribution >= 4 is 11.8 Å². The molecule has 1 aliphatic heterocycles. The van der Waals surface area contributed by atoms with Crippen LogP contribution in [0.1, 0.15) is 42.7 Å². The number of hydrogen-bond acceptors (Lipinski definition) is 5. The lowest BCUT2D eigenvalue weighted by Crippen LogP contribution is -2.36. The van der Waals surface area contributed by atoms with Crippen LogP contribution >= 0.6 is 0 Å². The molecule has 0 fully saturated rings. The number of nitrogens with one attached hydrogen (secondary N) is 1. The molecule has 0 saturated heterocycles. The fourth-order valence-corrected chi connectivity index (χ4v) is 4.52. The van der Waals surface area contributed by atoms with Crippen LogP contribution in [0.4, 0.5) is 4.39 Å². The third-order valence-corrected chi connectivity index (χ3v) is 6.02. The van der Waals surface area contributed by atoms with Gasteiger partial charge in [-0.05, 0) is 54.7 Å². The number of halogens is 1. The van der Waals surface area contributed by atoms with Crippen LogP contribution in [-0.2, 0) is 14.3 Å². The summed E-state index contributed by atoms with van der Waals surface area (Å²) < 4.78 is 23.8. The van der Waals surface area contributed by atoms with Gasteiger partial charge in [-0.2, -0.15) is 0 Å². The second-order valence-corrected chi connectivity index (χ2v) is 7.83. The van der Waals surface area contributed by atoms with Gasteiger partial charge < -0.3 is 14.8 Å². The minimum Gasteiger partial charge on any atom is -0.497 e. The predicted molar refractivity (Wildman–Crippen MR) is 114 cm³/mol. The molecule has 160 valence electrons. The van der Waals surface area contributed by atoms with Gasteiger partial charge in [0.05, 0.1) is 19.8 Å². The minimum atomic E-state index is -0.589. The Morgan fingerprint density at radius 2 is 1.65 bits per heavy atom. The Hall–Kier alpha value is -3.41. The summed E-state index contributed by atoms with van der Waals surface area (Å²) in [5, 5.41) is 3.29. The standard InChI is InChI=1S/C25H24FNO4/c1-14-22(25(29)31-3)23(16-4-8-18(26)9-5-16)24-20(27-14)12-17(13-21(24)28)15-6-10-19(30-2)11-7-15/h4-11,17,23,27H,12-13H2,1-3H3. The first-order valence-electron chi connectivity index (χ1n) is 10.1. The number of ether oxygens (including phenoxy) is 2. The Morgan fingerprint density at radius 3 is 2.26 bits per heavy atom. The van der Waals surface area contributed by atoms with E-state index in [2.05, 4.69) is 5.32 Å². The van der Waals surface area contributed by atoms with Crippen molar-refractivity contribution in [2.75, 3.05) is 14.2 Å². The highest BCUT2D eigenvalue weighted by molar-refractivity contribution is 6.04. The minimum absolute atomic E-state index is 0.0194. The maximum Gasteiger partial charge on any atom is 0.336 e. The number of hydrogen-bond donors (Lipinski definition) is 1. The van der Waals surface area contributed by atoms with Crippen LogP contribution in [0.15, 0.2) is 71.1 Å². The number of carbonyl (C=O) groups is 2. The van der Waals surface area contributed by atoms with Crippen LogP contribution < -0.4 is 10.1 Å². The average molecular weight is 421 g/mol. The van der Waals surface area contributed by atoms with Gasteiger partial charge in [0, 0.05) is 29.3 Å². The number of dihydropyridines is 1. The molecule has 1 N–H and O–H groups in total. The molecule has 0 bridgehead atoms.